The Morgan fingerprint density at radius 1 is 0.391 bits per heavy atom. The van der Waals surface area contributed by atoms with Crippen molar-refractivity contribution >= 4 is 110 Å². The van der Waals surface area contributed by atoms with E-state index in [0.29, 0.717) is 5.92 Å². The number of anilines is 6. The number of furan rings is 2. The molecule has 0 amide bonds. The van der Waals surface area contributed by atoms with Crippen molar-refractivity contribution in [3.05, 3.63) is 193 Å². The third-order valence-electron chi connectivity index (χ3n) is 13.7. The quantitative estimate of drug-likeness (QED) is 0.150. The molecular formula is C58H40F2N2O2. The van der Waals surface area contributed by atoms with Crippen molar-refractivity contribution in [2.75, 3.05) is 9.80 Å². The van der Waals surface area contributed by atoms with Crippen LogP contribution in [0, 0.1) is 11.6 Å². The van der Waals surface area contributed by atoms with Crippen LogP contribution in [0.15, 0.2) is 185 Å². The lowest BCUT2D eigenvalue weighted by molar-refractivity contribution is 0.444. The first-order valence-electron chi connectivity index (χ1n) is 22.2. The average Bonchev–Trinajstić information content (AvgIpc) is 3.92. The molecule has 10 aromatic carbocycles. The maximum Gasteiger partial charge on any atom is 0.159 e. The van der Waals surface area contributed by atoms with Gasteiger partial charge >= 0.3 is 0 Å². The topological polar surface area (TPSA) is 32.8 Å². The number of benzene rings is 10. The third-order valence-corrected chi connectivity index (χ3v) is 13.7. The van der Waals surface area contributed by atoms with Crippen LogP contribution in [-0.2, 0) is 0 Å². The predicted octanol–water partition coefficient (Wildman–Crippen LogP) is 17.6. The molecule has 12 aromatic rings. The monoisotopic (exact) mass is 834 g/mol. The van der Waals surface area contributed by atoms with Crippen molar-refractivity contribution in [1.82, 2.24) is 0 Å². The molecule has 1 aliphatic carbocycles. The molecule has 2 aromatic heterocycles. The second-order valence-corrected chi connectivity index (χ2v) is 17.3. The molecule has 13 rings (SSSR count). The van der Waals surface area contributed by atoms with Crippen LogP contribution in [0.2, 0.25) is 0 Å². The first-order valence-corrected chi connectivity index (χ1v) is 22.2. The minimum atomic E-state index is -0.322. The lowest BCUT2D eigenvalue weighted by atomic mass is 9.82. The SMILES string of the molecule is Fc1ccc(N(c2cc(N(c3ccc(F)cc3)c3cccc4c3oc3ccccc34)c3ccc4cc(C5CCCCC5)cc5ccc2c3c54)c2cccc3c2oc2ccccc23)cc1. The molecule has 6 heteroatoms. The van der Waals surface area contributed by atoms with Gasteiger partial charge in [0.25, 0.3) is 0 Å². The number of fused-ring (bicyclic) bond motifs is 6. The van der Waals surface area contributed by atoms with E-state index in [2.05, 4.69) is 101 Å². The zero-order valence-corrected chi connectivity index (χ0v) is 34.8. The smallest absolute Gasteiger partial charge is 0.159 e. The van der Waals surface area contributed by atoms with E-state index in [1.54, 1.807) is 0 Å². The zero-order chi connectivity index (χ0) is 42.5. The largest absolute Gasteiger partial charge is 0.454 e. The molecule has 0 radical (unpaired) electrons. The Hall–Kier alpha value is -7.70. The summed E-state index contributed by atoms with van der Waals surface area (Å²) in [5, 5.41) is 10.7. The maximum atomic E-state index is 14.9. The van der Waals surface area contributed by atoms with Gasteiger partial charge in [0, 0.05) is 49.1 Å². The molecule has 64 heavy (non-hydrogen) atoms. The Morgan fingerprint density at radius 3 is 1.36 bits per heavy atom. The Bertz CT molecular complexity index is 3520. The van der Waals surface area contributed by atoms with Gasteiger partial charge in [0.05, 0.1) is 22.7 Å². The molecule has 0 saturated heterocycles. The number of hydrogen-bond acceptors (Lipinski definition) is 4. The van der Waals surface area contributed by atoms with Crippen LogP contribution in [0.25, 0.3) is 76.2 Å². The van der Waals surface area contributed by atoms with Gasteiger partial charge in [-0.1, -0.05) is 116 Å². The minimum Gasteiger partial charge on any atom is -0.454 e. The summed E-state index contributed by atoms with van der Waals surface area (Å²) in [6.45, 7) is 0. The molecule has 0 unspecified atom stereocenters. The second-order valence-electron chi connectivity index (χ2n) is 17.3. The highest BCUT2D eigenvalue weighted by molar-refractivity contribution is 6.29. The minimum absolute atomic E-state index is 0.322. The van der Waals surface area contributed by atoms with Crippen molar-refractivity contribution in [1.29, 1.82) is 0 Å². The summed E-state index contributed by atoms with van der Waals surface area (Å²) in [5.41, 5.74) is 9.33. The molecule has 2 heterocycles. The van der Waals surface area contributed by atoms with Gasteiger partial charge in [-0.15, -0.1) is 0 Å². The van der Waals surface area contributed by atoms with Crippen molar-refractivity contribution in [3.63, 3.8) is 0 Å². The summed E-state index contributed by atoms with van der Waals surface area (Å²) in [5.74, 6) is -0.105. The van der Waals surface area contributed by atoms with Gasteiger partial charge in [0.15, 0.2) is 11.2 Å². The van der Waals surface area contributed by atoms with E-state index >= 15 is 0 Å². The van der Waals surface area contributed by atoms with Crippen LogP contribution in [-0.4, -0.2) is 0 Å². The van der Waals surface area contributed by atoms with Gasteiger partial charge in [-0.05, 0) is 119 Å². The molecule has 0 atom stereocenters. The van der Waals surface area contributed by atoms with Crippen LogP contribution in [0.1, 0.15) is 43.6 Å². The van der Waals surface area contributed by atoms with E-state index < -0.39 is 0 Å². The fraction of sp³-hybridized carbons (Fsp3) is 0.103. The molecule has 308 valence electrons. The van der Waals surface area contributed by atoms with E-state index in [0.717, 1.165) is 94.2 Å². The molecule has 0 aliphatic heterocycles. The lowest BCUT2D eigenvalue weighted by Gasteiger charge is -2.32. The first kappa shape index (κ1) is 36.9. The lowest BCUT2D eigenvalue weighted by Crippen LogP contribution is -2.15. The Labute approximate surface area is 367 Å². The summed E-state index contributed by atoms with van der Waals surface area (Å²) < 4.78 is 43.4. The van der Waals surface area contributed by atoms with E-state index in [1.165, 1.54) is 78.1 Å². The van der Waals surface area contributed by atoms with Crippen molar-refractivity contribution in [2.45, 2.75) is 38.0 Å². The molecule has 0 N–H and O–H groups in total. The summed E-state index contributed by atoms with van der Waals surface area (Å²) in [6, 6.07) is 58.2. The zero-order valence-electron chi connectivity index (χ0n) is 34.8. The predicted molar refractivity (Wildman–Crippen MR) is 260 cm³/mol. The molecule has 1 saturated carbocycles. The van der Waals surface area contributed by atoms with Gasteiger partial charge in [-0.25, -0.2) is 8.78 Å². The summed E-state index contributed by atoms with van der Waals surface area (Å²) in [6.07, 6.45) is 6.24. The van der Waals surface area contributed by atoms with Gasteiger partial charge in [-0.3, -0.25) is 0 Å². The molecular weight excluding hydrogens is 795 g/mol. The highest BCUT2D eigenvalue weighted by Gasteiger charge is 2.28. The third kappa shape index (κ3) is 5.71. The number of nitrogens with zero attached hydrogens (tertiary/aromatic N) is 2. The van der Waals surface area contributed by atoms with Crippen LogP contribution in [0.5, 0.6) is 0 Å². The highest BCUT2D eigenvalue weighted by Crippen LogP contribution is 2.53. The Balaban J connectivity index is 1.17. The Morgan fingerprint density at radius 2 is 0.859 bits per heavy atom. The molecule has 1 fully saturated rings. The highest BCUT2D eigenvalue weighted by atomic mass is 19.1. The maximum absolute atomic E-state index is 14.9. The van der Waals surface area contributed by atoms with Crippen molar-refractivity contribution in [2.24, 2.45) is 0 Å². The molecule has 1 aliphatic rings. The van der Waals surface area contributed by atoms with Crippen LogP contribution < -0.4 is 9.80 Å². The van der Waals surface area contributed by atoms with Crippen molar-refractivity contribution in [3.8, 4) is 0 Å². The first-order chi connectivity index (χ1) is 31.6. The summed E-state index contributed by atoms with van der Waals surface area (Å²) in [7, 11) is 0. The Kier molecular flexibility index (Phi) is 8.32. The fourth-order valence-electron chi connectivity index (χ4n) is 10.8. The standard InChI is InChI=1S/C58H40F2N2O2/c59-39-22-26-41(27-23-39)61(49-16-8-14-45-43-12-4-6-18-53(43)63-57(45)49)51-34-52(48-31-21-37-33-38(35-10-2-1-3-11-35)32-36-20-30-47(51)56(48)55(36)37)62(42-28-24-40(60)25-29-42)50-17-9-15-46-44-13-5-7-19-54(44)64-58(46)50/h4-9,12-35H,1-3,10-11H2. The van der Waals surface area contributed by atoms with Gasteiger partial charge in [0.1, 0.15) is 22.8 Å². The van der Waals surface area contributed by atoms with Gasteiger partial charge in [-0.2, -0.15) is 0 Å². The number of para-hydroxylation sites is 4. The van der Waals surface area contributed by atoms with E-state index in [4.69, 9.17) is 8.83 Å². The molecule has 0 spiro atoms. The van der Waals surface area contributed by atoms with Crippen LogP contribution >= 0.6 is 0 Å². The number of hydrogen-bond donors (Lipinski definition) is 0. The van der Waals surface area contributed by atoms with E-state index in [9.17, 15) is 8.78 Å². The summed E-state index contributed by atoms with van der Waals surface area (Å²) >= 11 is 0. The van der Waals surface area contributed by atoms with E-state index in [1.807, 2.05) is 60.7 Å². The molecule has 4 nitrogen and oxygen atoms in total. The van der Waals surface area contributed by atoms with Gasteiger partial charge in [0.2, 0.25) is 0 Å². The van der Waals surface area contributed by atoms with Crippen LogP contribution in [0.4, 0.5) is 42.9 Å². The van der Waals surface area contributed by atoms with E-state index in [-0.39, 0.29) is 11.6 Å². The van der Waals surface area contributed by atoms with Gasteiger partial charge < -0.3 is 18.6 Å². The normalized spacial score (nSPS) is 13.7. The number of rotatable bonds is 7. The van der Waals surface area contributed by atoms with Crippen LogP contribution in [0.3, 0.4) is 0 Å². The average molecular weight is 835 g/mol. The fourth-order valence-corrected chi connectivity index (χ4v) is 10.8. The van der Waals surface area contributed by atoms with Crippen molar-refractivity contribution < 1.29 is 17.6 Å². The number of halogens is 2. The second kappa shape index (κ2) is 14.4. The molecule has 0 bridgehead atoms. The summed E-state index contributed by atoms with van der Waals surface area (Å²) in [4.78, 5) is 4.41.